The third-order valence-electron chi connectivity index (χ3n) is 2.14. The van der Waals surface area contributed by atoms with E-state index in [0.29, 0.717) is 11.3 Å². The minimum atomic E-state index is -0.794. The number of rotatable bonds is 4. The van der Waals surface area contributed by atoms with Crippen LogP contribution < -0.4 is 5.73 Å². The maximum absolute atomic E-state index is 11.3. The van der Waals surface area contributed by atoms with Gasteiger partial charge in [-0.2, -0.15) is 5.11 Å². The minimum Gasteiger partial charge on any atom is -0.510 e. The Kier molecular flexibility index (Phi) is 4.76. The Morgan fingerprint density at radius 1 is 1.26 bits per heavy atom. The molecule has 100 valence electrons. The van der Waals surface area contributed by atoms with Crippen LogP contribution in [-0.4, -0.2) is 24.1 Å². The van der Waals surface area contributed by atoms with Gasteiger partial charge in [0.1, 0.15) is 5.76 Å². The van der Waals surface area contributed by atoms with Crippen LogP contribution in [0.1, 0.15) is 17.3 Å². The van der Waals surface area contributed by atoms with Gasteiger partial charge in [-0.3, -0.25) is 4.79 Å². The van der Waals surface area contributed by atoms with E-state index in [0.717, 1.165) is 0 Å². The second-order valence-corrected chi connectivity index (χ2v) is 3.54. The summed E-state index contributed by atoms with van der Waals surface area (Å²) in [4.78, 5) is 22.1. The van der Waals surface area contributed by atoms with E-state index < -0.39 is 11.9 Å². The van der Waals surface area contributed by atoms with Gasteiger partial charge in [0.05, 0.1) is 12.8 Å². The third-order valence-corrected chi connectivity index (χ3v) is 2.14. The average Bonchev–Trinajstić information content (AvgIpc) is 2.38. The lowest BCUT2D eigenvalue weighted by Gasteiger charge is -2.00. The van der Waals surface area contributed by atoms with E-state index in [9.17, 15) is 14.7 Å². The standard InChI is InChI=1S/C12H13N3O4/c1-7(16)10(12(18)19-2)15-14-9-5-3-8(4-6-9)11(13)17/h3-6,16H,1-2H3,(H2,13,17)/b10-7+,15-14?. The number of hydrogen-bond acceptors (Lipinski definition) is 6. The first-order chi connectivity index (χ1) is 8.95. The number of esters is 1. The highest BCUT2D eigenvalue weighted by Gasteiger charge is 2.12. The van der Waals surface area contributed by atoms with Crippen molar-refractivity contribution in [3.05, 3.63) is 41.3 Å². The number of carbonyl (C=O) groups excluding carboxylic acids is 2. The van der Waals surface area contributed by atoms with E-state index in [2.05, 4.69) is 15.0 Å². The van der Waals surface area contributed by atoms with E-state index in [1.54, 1.807) is 0 Å². The van der Waals surface area contributed by atoms with Gasteiger partial charge >= 0.3 is 5.97 Å². The number of benzene rings is 1. The normalized spacial score (nSPS) is 12.1. The molecule has 1 rings (SSSR count). The monoisotopic (exact) mass is 263 g/mol. The van der Waals surface area contributed by atoms with Crippen molar-refractivity contribution in [2.24, 2.45) is 16.0 Å². The van der Waals surface area contributed by atoms with E-state index in [1.807, 2.05) is 0 Å². The summed E-state index contributed by atoms with van der Waals surface area (Å²) < 4.78 is 4.44. The molecule has 0 atom stereocenters. The number of carbonyl (C=O) groups is 2. The van der Waals surface area contributed by atoms with E-state index in [4.69, 9.17) is 5.73 Å². The van der Waals surface area contributed by atoms with Crippen LogP contribution >= 0.6 is 0 Å². The topological polar surface area (TPSA) is 114 Å². The molecule has 0 aliphatic carbocycles. The summed E-state index contributed by atoms with van der Waals surface area (Å²) in [5.74, 6) is -1.65. The fourth-order valence-electron chi connectivity index (χ4n) is 1.16. The third kappa shape index (κ3) is 3.91. The van der Waals surface area contributed by atoms with Gasteiger partial charge in [-0.25, -0.2) is 4.79 Å². The molecule has 0 fully saturated rings. The molecule has 0 aliphatic rings. The molecule has 0 bridgehead atoms. The number of nitrogens with zero attached hydrogens (tertiary/aromatic N) is 2. The molecule has 0 heterocycles. The highest BCUT2D eigenvalue weighted by Crippen LogP contribution is 2.16. The summed E-state index contributed by atoms with van der Waals surface area (Å²) in [5.41, 5.74) is 5.53. The number of allylic oxidation sites excluding steroid dienone is 1. The number of primary amides is 1. The minimum absolute atomic E-state index is 0.290. The molecule has 0 saturated carbocycles. The summed E-state index contributed by atoms with van der Waals surface area (Å²) in [6.45, 7) is 1.29. The van der Waals surface area contributed by atoms with Crippen molar-refractivity contribution >= 4 is 17.6 Å². The van der Waals surface area contributed by atoms with E-state index >= 15 is 0 Å². The Balaban J connectivity index is 2.94. The molecule has 0 unspecified atom stereocenters. The molecule has 7 heteroatoms. The molecule has 0 radical (unpaired) electrons. The highest BCUT2D eigenvalue weighted by atomic mass is 16.5. The van der Waals surface area contributed by atoms with Gasteiger partial charge in [0.2, 0.25) is 11.6 Å². The maximum atomic E-state index is 11.3. The van der Waals surface area contributed by atoms with Crippen LogP contribution in [0.4, 0.5) is 5.69 Å². The predicted molar refractivity (Wildman–Crippen MR) is 66.8 cm³/mol. The molecule has 0 aromatic heterocycles. The molecular formula is C12H13N3O4. The SMILES string of the molecule is COC(=O)/C(N=Nc1ccc(C(N)=O)cc1)=C(/C)O. The number of methoxy groups -OCH3 is 1. The molecule has 7 nitrogen and oxygen atoms in total. The van der Waals surface area contributed by atoms with Crippen LogP contribution in [0, 0.1) is 0 Å². The molecule has 0 spiro atoms. The van der Waals surface area contributed by atoms with Crippen molar-refractivity contribution in [1.29, 1.82) is 0 Å². The lowest BCUT2D eigenvalue weighted by molar-refractivity contribution is -0.136. The number of aliphatic hydroxyl groups excluding tert-OH is 1. The number of azo groups is 1. The number of ether oxygens (including phenoxy) is 1. The zero-order chi connectivity index (χ0) is 14.4. The maximum Gasteiger partial charge on any atom is 0.362 e. The fraction of sp³-hybridized carbons (Fsp3) is 0.167. The van der Waals surface area contributed by atoms with Gasteiger partial charge in [0.25, 0.3) is 0 Å². The summed E-state index contributed by atoms with van der Waals surface area (Å²) in [5, 5.41) is 16.6. The van der Waals surface area contributed by atoms with Crippen molar-refractivity contribution in [3.63, 3.8) is 0 Å². The first-order valence-corrected chi connectivity index (χ1v) is 5.25. The average molecular weight is 263 g/mol. The molecular weight excluding hydrogens is 250 g/mol. The van der Waals surface area contributed by atoms with Gasteiger partial charge in [-0.1, -0.05) is 0 Å². The molecule has 1 aromatic carbocycles. The molecule has 0 saturated heterocycles. The Labute approximate surface area is 109 Å². The van der Waals surface area contributed by atoms with Gasteiger partial charge in [0.15, 0.2) is 0 Å². The van der Waals surface area contributed by atoms with Crippen molar-refractivity contribution in [1.82, 2.24) is 0 Å². The zero-order valence-electron chi connectivity index (χ0n) is 10.5. The molecule has 19 heavy (non-hydrogen) atoms. The van der Waals surface area contributed by atoms with Crippen molar-refractivity contribution in [2.75, 3.05) is 7.11 Å². The first kappa shape index (κ1) is 14.4. The van der Waals surface area contributed by atoms with Gasteiger partial charge in [-0.15, -0.1) is 5.11 Å². The first-order valence-electron chi connectivity index (χ1n) is 5.25. The number of nitrogens with two attached hydrogens (primary N) is 1. The summed E-state index contributed by atoms with van der Waals surface area (Å²) in [6.07, 6.45) is 0. The van der Waals surface area contributed by atoms with E-state index in [1.165, 1.54) is 38.3 Å². The molecule has 0 aliphatic heterocycles. The Morgan fingerprint density at radius 3 is 2.26 bits per heavy atom. The predicted octanol–water partition coefficient (Wildman–Crippen LogP) is 1.83. The second-order valence-electron chi connectivity index (χ2n) is 3.54. The highest BCUT2D eigenvalue weighted by molar-refractivity contribution is 5.93. The lowest BCUT2D eigenvalue weighted by atomic mass is 10.2. The summed E-state index contributed by atoms with van der Waals surface area (Å²) >= 11 is 0. The Hall–Kier alpha value is -2.70. The van der Waals surface area contributed by atoms with Crippen LogP contribution in [0.15, 0.2) is 46.0 Å². The smallest absolute Gasteiger partial charge is 0.362 e. The summed E-state index contributed by atoms with van der Waals surface area (Å²) in [7, 11) is 1.17. The largest absolute Gasteiger partial charge is 0.510 e. The fourth-order valence-corrected chi connectivity index (χ4v) is 1.16. The molecule has 1 aromatic rings. The van der Waals surface area contributed by atoms with Crippen molar-refractivity contribution in [3.8, 4) is 0 Å². The Bertz CT molecular complexity index is 543. The van der Waals surface area contributed by atoms with Gasteiger partial charge in [0, 0.05) is 5.56 Å². The van der Waals surface area contributed by atoms with Crippen LogP contribution in [0.5, 0.6) is 0 Å². The van der Waals surface area contributed by atoms with E-state index in [-0.39, 0.29) is 11.5 Å². The van der Waals surface area contributed by atoms with Crippen molar-refractivity contribution < 1.29 is 19.4 Å². The van der Waals surface area contributed by atoms with Crippen molar-refractivity contribution in [2.45, 2.75) is 6.92 Å². The lowest BCUT2D eigenvalue weighted by Crippen LogP contribution is -2.10. The van der Waals surface area contributed by atoms with Gasteiger partial charge in [-0.05, 0) is 31.2 Å². The quantitative estimate of drug-likeness (QED) is 0.373. The zero-order valence-corrected chi connectivity index (χ0v) is 10.5. The van der Waals surface area contributed by atoms with Crippen LogP contribution in [-0.2, 0) is 9.53 Å². The van der Waals surface area contributed by atoms with Crippen LogP contribution in [0.2, 0.25) is 0 Å². The molecule has 3 N–H and O–H groups in total. The van der Waals surface area contributed by atoms with Crippen LogP contribution in [0.25, 0.3) is 0 Å². The van der Waals surface area contributed by atoms with Gasteiger partial charge < -0.3 is 15.6 Å². The Morgan fingerprint density at radius 2 is 1.84 bits per heavy atom. The number of hydrogen-bond donors (Lipinski definition) is 2. The van der Waals surface area contributed by atoms with Crippen LogP contribution in [0.3, 0.4) is 0 Å². The molecule has 1 amide bonds. The number of aliphatic hydroxyl groups is 1. The number of amides is 1. The second kappa shape index (κ2) is 6.29. The summed E-state index contributed by atoms with van der Waals surface area (Å²) in [6, 6.07) is 5.96.